The third-order valence-corrected chi connectivity index (χ3v) is 5.58. The molecule has 1 aromatic rings. The van der Waals surface area contributed by atoms with Crippen molar-refractivity contribution < 1.29 is 19.7 Å². The van der Waals surface area contributed by atoms with Crippen molar-refractivity contribution in [1.29, 1.82) is 0 Å². The summed E-state index contributed by atoms with van der Waals surface area (Å²) in [6.45, 7) is 5.51. The highest BCUT2D eigenvalue weighted by atomic mass is 16.5. The standard InChI is InChI=1S/C19H29NO4/c1-15-3-2-4-18(11-15)24-14-17(22)12-20-8-5-16(13-21)19(20)6-9-23-10-7-19/h2-4,11,16-17,21-22H,5-10,12-14H2,1H3. The van der Waals surface area contributed by atoms with Gasteiger partial charge in [0, 0.05) is 37.8 Å². The summed E-state index contributed by atoms with van der Waals surface area (Å²) < 4.78 is 11.3. The van der Waals surface area contributed by atoms with Crippen LogP contribution in [0.2, 0.25) is 0 Å². The van der Waals surface area contributed by atoms with Gasteiger partial charge in [-0.05, 0) is 50.4 Å². The molecule has 2 aliphatic rings. The number of hydrogen-bond donors (Lipinski definition) is 2. The van der Waals surface area contributed by atoms with Crippen LogP contribution in [0.25, 0.3) is 0 Å². The fourth-order valence-electron chi connectivity index (χ4n) is 4.25. The molecule has 1 spiro atoms. The number of rotatable bonds is 6. The minimum Gasteiger partial charge on any atom is -0.491 e. The molecule has 1 aromatic carbocycles. The second-order valence-corrected chi connectivity index (χ2v) is 7.11. The molecule has 2 heterocycles. The van der Waals surface area contributed by atoms with E-state index in [1.165, 1.54) is 0 Å². The van der Waals surface area contributed by atoms with Gasteiger partial charge in [0.1, 0.15) is 18.5 Å². The number of aryl methyl sites for hydroxylation is 1. The van der Waals surface area contributed by atoms with Gasteiger partial charge in [-0.1, -0.05) is 12.1 Å². The summed E-state index contributed by atoms with van der Waals surface area (Å²) in [6, 6.07) is 7.87. The van der Waals surface area contributed by atoms with Gasteiger partial charge >= 0.3 is 0 Å². The van der Waals surface area contributed by atoms with Crippen LogP contribution in [0.5, 0.6) is 5.75 Å². The summed E-state index contributed by atoms with van der Waals surface area (Å²) in [5, 5.41) is 20.2. The van der Waals surface area contributed by atoms with E-state index in [1.807, 2.05) is 31.2 Å². The SMILES string of the molecule is Cc1cccc(OCC(O)CN2CCC(CO)C23CCOCC3)c1. The van der Waals surface area contributed by atoms with Crippen LogP contribution >= 0.6 is 0 Å². The van der Waals surface area contributed by atoms with Crippen molar-refractivity contribution in [3.63, 3.8) is 0 Å². The Morgan fingerprint density at radius 3 is 2.88 bits per heavy atom. The van der Waals surface area contributed by atoms with Gasteiger partial charge in [-0.2, -0.15) is 0 Å². The van der Waals surface area contributed by atoms with Crippen molar-refractivity contribution >= 4 is 0 Å². The summed E-state index contributed by atoms with van der Waals surface area (Å²) >= 11 is 0. The third kappa shape index (κ3) is 3.75. The monoisotopic (exact) mass is 335 g/mol. The lowest BCUT2D eigenvalue weighted by Crippen LogP contribution is -2.54. The quantitative estimate of drug-likeness (QED) is 0.827. The van der Waals surface area contributed by atoms with Crippen molar-refractivity contribution in [2.24, 2.45) is 5.92 Å². The van der Waals surface area contributed by atoms with E-state index < -0.39 is 6.10 Å². The zero-order chi connectivity index (χ0) is 17.0. The lowest BCUT2D eigenvalue weighted by molar-refractivity contribution is -0.0538. The lowest BCUT2D eigenvalue weighted by Gasteiger charge is -2.45. The predicted molar refractivity (Wildman–Crippen MR) is 92.2 cm³/mol. The second-order valence-electron chi connectivity index (χ2n) is 7.11. The van der Waals surface area contributed by atoms with Crippen molar-refractivity contribution in [1.82, 2.24) is 4.90 Å². The first-order chi connectivity index (χ1) is 11.6. The largest absolute Gasteiger partial charge is 0.491 e. The van der Waals surface area contributed by atoms with E-state index in [2.05, 4.69) is 4.90 Å². The number of hydrogen-bond acceptors (Lipinski definition) is 5. The summed E-state index contributed by atoms with van der Waals surface area (Å²) in [7, 11) is 0. The lowest BCUT2D eigenvalue weighted by atomic mass is 9.78. The molecule has 0 aromatic heterocycles. The third-order valence-electron chi connectivity index (χ3n) is 5.58. The topological polar surface area (TPSA) is 62.2 Å². The molecule has 2 aliphatic heterocycles. The van der Waals surface area contributed by atoms with Crippen LogP contribution in [0.15, 0.2) is 24.3 Å². The van der Waals surface area contributed by atoms with Gasteiger partial charge in [-0.3, -0.25) is 4.90 Å². The molecule has 0 bridgehead atoms. The number of aliphatic hydroxyl groups is 2. The molecule has 0 amide bonds. The highest BCUT2D eigenvalue weighted by molar-refractivity contribution is 5.27. The predicted octanol–water partition coefficient (Wildman–Crippen LogP) is 1.60. The number of aliphatic hydroxyl groups excluding tert-OH is 2. The van der Waals surface area contributed by atoms with E-state index in [0.717, 1.165) is 50.3 Å². The van der Waals surface area contributed by atoms with Gasteiger partial charge in [0.2, 0.25) is 0 Å². The van der Waals surface area contributed by atoms with E-state index in [-0.39, 0.29) is 24.7 Å². The number of likely N-dealkylation sites (tertiary alicyclic amines) is 1. The maximum atomic E-state index is 10.5. The minimum atomic E-state index is -0.539. The molecule has 3 rings (SSSR count). The van der Waals surface area contributed by atoms with E-state index in [4.69, 9.17) is 9.47 Å². The molecule has 5 heteroatoms. The Bertz CT molecular complexity index is 530. The first kappa shape index (κ1) is 17.7. The van der Waals surface area contributed by atoms with Crippen LogP contribution in [0.4, 0.5) is 0 Å². The van der Waals surface area contributed by atoms with Crippen molar-refractivity contribution in [2.75, 3.05) is 39.5 Å². The molecular formula is C19H29NO4. The summed E-state index contributed by atoms with van der Waals surface area (Å²) in [5.74, 6) is 1.08. The van der Waals surface area contributed by atoms with Crippen LogP contribution in [0.1, 0.15) is 24.8 Å². The van der Waals surface area contributed by atoms with Crippen molar-refractivity contribution in [3.8, 4) is 5.75 Å². The Labute approximate surface area is 144 Å². The molecule has 134 valence electrons. The fourth-order valence-corrected chi connectivity index (χ4v) is 4.25. The van der Waals surface area contributed by atoms with Gasteiger partial charge in [-0.25, -0.2) is 0 Å². The zero-order valence-corrected chi connectivity index (χ0v) is 14.5. The molecule has 5 nitrogen and oxygen atoms in total. The van der Waals surface area contributed by atoms with Gasteiger partial charge < -0.3 is 19.7 Å². The summed E-state index contributed by atoms with van der Waals surface area (Å²) in [4.78, 5) is 2.36. The normalized spacial score (nSPS) is 25.0. The average molecular weight is 335 g/mol. The second kappa shape index (κ2) is 7.83. The molecule has 2 fully saturated rings. The van der Waals surface area contributed by atoms with Crippen LogP contribution < -0.4 is 4.74 Å². The first-order valence-electron chi connectivity index (χ1n) is 8.95. The highest BCUT2D eigenvalue weighted by Gasteiger charge is 2.49. The molecule has 2 saturated heterocycles. The molecule has 2 atom stereocenters. The first-order valence-corrected chi connectivity index (χ1v) is 8.95. The molecule has 2 N–H and O–H groups in total. The fraction of sp³-hybridized carbons (Fsp3) is 0.684. The Balaban J connectivity index is 1.57. The van der Waals surface area contributed by atoms with E-state index in [1.54, 1.807) is 0 Å². The van der Waals surface area contributed by atoms with Gasteiger partial charge in [0.25, 0.3) is 0 Å². The van der Waals surface area contributed by atoms with Crippen molar-refractivity contribution in [2.45, 2.75) is 37.8 Å². The molecular weight excluding hydrogens is 306 g/mol. The molecule has 0 aliphatic carbocycles. The van der Waals surface area contributed by atoms with Crippen molar-refractivity contribution in [3.05, 3.63) is 29.8 Å². The smallest absolute Gasteiger partial charge is 0.119 e. The van der Waals surface area contributed by atoms with E-state index in [0.29, 0.717) is 6.54 Å². The summed E-state index contributed by atoms with van der Waals surface area (Å²) in [6.07, 6.45) is 2.32. The number of nitrogens with zero attached hydrogens (tertiary/aromatic N) is 1. The number of ether oxygens (including phenoxy) is 2. The molecule has 0 saturated carbocycles. The number of benzene rings is 1. The van der Waals surface area contributed by atoms with E-state index in [9.17, 15) is 10.2 Å². The van der Waals surface area contributed by atoms with Crippen LogP contribution in [-0.2, 0) is 4.74 Å². The zero-order valence-electron chi connectivity index (χ0n) is 14.5. The highest BCUT2D eigenvalue weighted by Crippen LogP contribution is 2.42. The maximum Gasteiger partial charge on any atom is 0.119 e. The van der Waals surface area contributed by atoms with Gasteiger partial charge in [0.05, 0.1) is 0 Å². The maximum absolute atomic E-state index is 10.5. The van der Waals surface area contributed by atoms with E-state index >= 15 is 0 Å². The van der Waals surface area contributed by atoms with Crippen LogP contribution in [0.3, 0.4) is 0 Å². The van der Waals surface area contributed by atoms with Gasteiger partial charge in [-0.15, -0.1) is 0 Å². The Kier molecular flexibility index (Phi) is 5.76. The Morgan fingerprint density at radius 2 is 2.17 bits per heavy atom. The van der Waals surface area contributed by atoms with Gasteiger partial charge in [0.15, 0.2) is 0 Å². The molecule has 2 unspecified atom stereocenters. The Hall–Kier alpha value is -1.14. The number of β-amino-alcohol motifs (C(OH)–C–C–N with tert-alkyl or cyclic N) is 1. The average Bonchev–Trinajstić information content (AvgIpc) is 2.91. The molecule has 0 radical (unpaired) electrons. The molecule has 24 heavy (non-hydrogen) atoms. The van der Waals surface area contributed by atoms with Crippen LogP contribution in [0, 0.1) is 12.8 Å². The summed E-state index contributed by atoms with van der Waals surface area (Å²) in [5.41, 5.74) is 1.13. The Morgan fingerprint density at radius 1 is 1.38 bits per heavy atom. The van der Waals surface area contributed by atoms with Crippen LogP contribution in [-0.4, -0.2) is 66.3 Å². The minimum absolute atomic E-state index is 0.0166.